The van der Waals surface area contributed by atoms with Gasteiger partial charge in [0.25, 0.3) is 5.91 Å². The van der Waals surface area contributed by atoms with Crippen molar-refractivity contribution in [2.24, 2.45) is 0 Å². The summed E-state index contributed by atoms with van der Waals surface area (Å²) >= 11 is 0. The summed E-state index contributed by atoms with van der Waals surface area (Å²) in [7, 11) is 0. The molecule has 0 fully saturated rings. The van der Waals surface area contributed by atoms with Gasteiger partial charge in [0, 0.05) is 16.7 Å². The van der Waals surface area contributed by atoms with Crippen molar-refractivity contribution >= 4 is 23.3 Å². The monoisotopic (exact) mass is 507 g/mol. The fourth-order valence-electron chi connectivity index (χ4n) is 3.81. The van der Waals surface area contributed by atoms with Crippen molar-refractivity contribution in [3.63, 3.8) is 0 Å². The minimum absolute atomic E-state index is 0.0268. The molecule has 3 aromatic carbocycles. The maximum Gasteiger partial charge on any atom is 0.417 e. The summed E-state index contributed by atoms with van der Waals surface area (Å²) in [6.45, 7) is 3.10. The standard InChI is InChI=1S/C27H20F3N3O4/c1-14-4-3-5-20(27(28,29)30)22(14)24(34)33-21-12-18(25-32-13-15(2)37-25)10-11-19(21)23(31)16-6-8-17(9-7-16)26(35)36/h3-13,31H,1-2H3,(H,33,34)(H,35,36). The van der Waals surface area contributed by atoms with Crippen LogP contribution in [0.15, 0.2) is 71.3 Å². The zero-order valence-corrected chi connectivity index (χ0v) is 19.6. The lowest BCUT2D eigenvalue weighted by Crippen LogP contribution is -2.21. The fraction of sp³-hybridized carbons (Fsp3) is 0.111. The number of carbonyl (C=O) groups is 2. The lowest BCUT2D eigenvalue weighted by molar-refractivity contribution is -0.137. The number of nitrogens with one attached hydrogen (secondary N) is 2. The molecule has 0 saturated carbocycles. The van der Waals surface area contributed by atoms with E-state index in [4.69, 9.17) is 14.9 Å². The zero-order valence-electron chi connectivity index (χ0n) is 19.6. The Kier molecular flexibility index (Phi) is 6.67. The summed E-state index contributed by atoms with van der Waals surface area (Å²) in [6.07, 6.45) is -3.26. The third-order valence-electron chi connectivity index (χ3n) is 5.63. The van der Waals surface area contributed by atoms with Crippen molar-refractivity contribution in [2.75, 3.05) is 5.32 Å². The molecule has 188 valence electrons. The second-order valence-electron chi connectivity index (χ2n) is 8.24. The number of amides is 1. The van der Waals surface area contributed by atoms with Gasteiger partial charge in [0.2, 0.25) is 5.89 Å². The summed E-state index contributed by atoms with van der Waals surface area (Å²) in [5.74, 6) is -1.37. The molecule has 3 N–H and O–H groups in total. The van der Waals surface area contributed by atoms with Gasteiger partial charge in [0.1, 0.15) is 5.76 Å². The molecule has 10 heteroatoms. The molecule has 0 unspecified atom stereocenters. The molecule has 0 aliphatic carbocycles. The Morgan fingerprint density at radius 1 is 1.00 bits per heavy atom. The number of hydrogen-bond acceptors (Lipinski definition) is 5. The van der Waals surface area contributed by atoms with Crippen LogP contribution in [0, 0.1) is 19.3 Å². The van der Waals surface area contributed by atoms with Gasteiger partial charge in [-0.25, -0.2) is 9.78 Å². The molecule has 37 heavy (non-hydrogen) atoms. The Bertz CT molecular complexity index is 1520. The molecule has 4 rings (SSSR count). The van der Waals surface area contributed by atoms with Gasteiger partial charge >= 0.3 is 12.1 Å². The van der Waals surface area contributed by atoms with Crippen LogP contribution < -0.4 is 5.32 Å². The number of carboxylic acids is 1. The van der Waals surface area contributed by atoms with Gasteiger partial charge in [-0.3, -0.25) is 10.2 Å². The number of halogens is 3. The van der Waals surface area contributed by atoms with Crippen LogP contribution in [0.2, 0.25) is 0 Å². The van der Waals surface area contributed by atoms with Crippen molar-refractivity contribution in [2.45, 2.75) is 20.0 Å². The van der Waals surface area contributed by atoms with Crippen LogP contribution in [0.1, 0.15) is 48.7 Å². The van der Waals surface area contributed by atoms with E-state index < -0.39 is 29.2 Å². The van der Waals surface area contributed by atoms with Gasteiger partial charge in [0.05, 0.1) is 34.3 Å². The second-order valence-corrected chi connectivity index (χ2v) is 8.24. The normalized spacial score (nSPS) is 11.3. The van der Waals surface area contributed by atoms with Crippen LogP contribution in [-0.2, 0) is 6.18 Å². The first-order chi connectivity index (χ1) is 17.5. The molecule has 1 heterocycles. The fourth-order valence-corrected chi connectivity index (χ4v) is 3.81. The highest BCUT2D eigenvalue weighted by Crippen LogP contribution is 2.34. The van der Waals surface area contributed by atoms with Crippen LogP contribution >= 0.6 is 0 Å². The first kappa shape index (κ1) is 25.4. The molecule has 0 saturated heterocycles. The molecular formula is C27H20F3N3O4. The van der Waals surface area contributed by atoms with Crippen LogP contribution in [-0.4, -0.2) is 27.7 Å². The predicted molar refractivity (Wildman–Crippen MR) is 130 cm³/mol. The molecule has 1 aromatic heterocycles. The van der Waals surface area contributed by atoms with Crippen LogP contribution in [0.5, 0.6) is 0 Å². The van der Waals surface area contributed by atoms with Gasteiger partial charge in [-0.15, -0.1) is 0 Å². The van der Waals surface area contributed by atoms with E-state index in [2.05, 4.69) is 10.3 Å². The quantitative estimate of drug-likeness (QED) is 0.263. The highest BCUT2D eigenvalue weighted by molar-refractivity contribution is 6.17. The Labute approximate surface area is 209 Å². The average molecular weight is 507 g/mol. The number of aromatic carboxylic acids is 1. The van der Waals surface area contributed by atoms with E-state index in [-0.39, 0.29) is 34.0 Å². The summed E-state index contributed by atoms with van der Waals surface area (Å²) < 4.78 is 46.5. The summed E-state index contributed by atoms with van der Waals surface area (Å²) in [5, 5.41) is 20.3. The number of alkyl halides is 3. The largest absolute Gasteiger partial charge is 0.478 e. The summed E-state index contributed by atoms with van der Waals surface area (Å²) in [4.78, 5) is 28.5. The van der Waals surface area contributed by atoms with Crippen molar-refractivity contribution < 1.29 is 32.3 Å². The lowest BCUT2D eigenvalue weighted by Gasteiger charge is -2.17. The number of carbonyl (C=O) groups excluding carboxylic acids is 1. The third kappa shape index (κ3) is 5.27. The van der Waals surface area contributed by atoms with Crippen molar-refractivity contribution in [1.29, 1.82) is 5.41 Å². The number of nitrogens with zero attached hydrogens (tertiary/aromatic N) is 1. The van der Waals surface area contributed by atoms with E-state index in [0.717, 1.165) is 6.07 Å². The van der Waals surface area contributed by atoms with Gasteiger partial charge in [-0.05, 0) is 55.8 Å². The van der Waals surface area contributed by atoms with Crippen LogP contribution in [0.4, 0.5) is 18.9 Å². The van der Waals surface area contributed by atoms with E-state index in [1.165, 1.54) is 61.7 Å². The predicted octanol–water partition coefficient (Wildman–Crippen LogP) is 6.34. The molecular weight excluding hydrogens is 487 g/mol. The maximum absolute atomic E-state index is 13.7. The molecule has 0 radical (unpaired) electrons. The highest BCUT2D eigenvalue weighted by Gasteiger charge is 2.36. The SMILES string of the molecule is Cc1cnc(-c2ccc(C(=N)c3ccc(C(=O)O)cc3)c(NC(=O)c3c(C)cccc3C(F)(F)F)c2)o1. The van der Waals surface area contributed by atoms with Crippen molar-refractivity contribution in [1.82, 2.24) is 4.98 Å². The van der Waals surface area contributed by atoms with Crippen molar-refractivity contribution in [3.05, 3.63) is 106 Å². The minimum atomic E-state index is -4.75. The molecule has 1 amide bonds. The number of benzene rings is 3. The lowest BCUT2D eigenvalue weighted by atomic mass is 9.97. The molecule has 0 bridgehead atoms. The Balaban J connectivity index is 1.80. The van der Waals surface area contributed by atoms with E-state index >= 15 is 0 Å². The topological polar surface area (TPSA) is 116 Å². The molecule has 0 aliphatic rings. The van der Waals surface area contributed by atoms with Gasteiger partial charge in [-0.1, -0.05) is 24.3 Å². The smallest absolute Gasteiger partial charge is 0.417 e. The second kappa shape index (κ2) is 9.73. The summed E-state index contributed by atoms with van der Waals surface area (Å²) in [5.41, 5.74) is -0.502. The molecule has 7 nitrogen and oxygen atoms in total. The first-order valence-electron chi connectivity index (χ1n) is 10.9. The van der Waals surface area contributed by atoms with Crippen LogP contribution in [0.25, 0.3) is 11.5 Å². The number of hydrogen-bond donors (Lipinski definition) is 3. The van der Waals surface area contributed by atoms with E-state index in [1.807, 2.05) is 0 Å². The number of carboxylic acid groups (broad SMARTS) is 1. The Morgan fingerprint density at radius 2 is 1.68 bits per heavy atom. The van der Waals surface area contributed by atoms with Crippen molar-refractivity contribution in [3.8, 4) is 11.5 Å². The van der Waals surface area contributed by atoms with E-state index in [1.54, 1.807) is 13.0 Å². The van der Waals surface area contributed by atoms with Crippen LogP contribution in [0.3, 0.4) is 0 Å². The van der Waals surface area contributed by atoms with Gasteiger partial charge in [-0.2, -0.15) is 13.2 Å². The average Bonchev–Trinajstić information content (AvgIpc) is 3.29. The summed E-state index contributed by atoms with van der Waals surface area (Å²) in [6, 6.07) is 13.6. The number of rotatable bonds is 6. The number of aryl methyl sites for hydroxylation is 2. The first-order valence-corrected chi connectivity index (χ1v) is 10.9. The highest BCUT2D eigenvalue weighted by atomic mass is 19.4. The van der Waals surface area contributed by atoms with E-state index in [9.17, 15) is 22.8 Å². The zero-order chi connectivity index (χ0) is 26.9. The Hall–Kier alpha value is -4.73. The Morgan fingerprint density at radius 3 is 2.27 bits per heavy atom. The van der Waals surface area contributed by atoms with Gasteiger partial charge in [0.15, 0.2) is 0 Å². The third-order valence-corrected chi connectivity index (χ3v) is 5.63. The number of anilines is 1. The minimum Gasteiger partial charge on any atom is -0.478 e. The maximum atomic E-state index is 13.7. The number of aromatic nitrogens is 1. The molecule has 4 aromatic rings. The van der Waals surface area contributed by atoms with E-state index in [0.29, 0.717) is 16.9 Å². The molecule has 0 spiro atoms. The molecule has 0 atom stereocenters. The van der Waals surface area contributed by atoms with Gasteiger partial charge < -0.3 is 14.8 Å². The molecule has 0 aliphatic heterocycles. The number of oxazole rings is 1.